The summed E-state index contributed by atoms with van der Waals surface area (Å²) in [6.07, 6.45) is 6.18. The van der Waals surface area contributed by atoms with Gasteiger partial charge in [-0.1, -0.05) is 0 Å². The van der Waals surface area contributed by atoms with Crippen LogP contribution in [0.2, 0.25) is 0 Å². The predicted octanol–water partition coefficient (Wildman–Crippen LogP) is 1.21. The molecule has 74 valence electrons. The van der Waals surface area contributed by atoms with Crippen LogP contribution in [0.4, 0.5) is 0 Å². The van der Waals surface area contributed by atoms with E-state index >= 15 is 0 Å². The lowest BCUT2D eigenvalue weighted by Crippen LogP contribution is -2.31. The summed E-state index contributed by atoms with van der Waals surface area (Å²) in [5.41, 5.74) is 0. The zero-order valence-electron chi connectivity index (χ0n) is 8.02. The van der Waals surface area contributed by atoms with Gasteiger partial charge in [0.15, 0.2) is 0 Å². The highest BCUT2D eigenvalue weighted by atomic mass is 16.5. The van der Waals surface area contributed by atoms with Crippen LogP contribution in [0.5, 0.6) is 5.75 Å². The van der Waals surface area contributed by atoms with Crippen molar-refractivity contribution in [1.82, 2.24) is 10.3 Å². The third-order valence-electron chi connectivity index (χ3n) is 3.05. The molecule has 1 aliphatic heterocycles. The van der Waals surface area contributed by atoms with Gasteiger partial charge in [0.1, 0.15) is 12.4 Å². The maximum absolute atomic E-state index is 5.63. The Kier molecular flexibility index (Phi) is 1.91. The minimum Gasteiger partial charge on any atom is -0.490 e. The van der Waals surface area contributed by atoms with E-state index in [1.165, 1.54) is 12.8 Å². The summed E-state index contributed by atoms with van der Waals surface area (Å²) in [5.74, 6) is 1.81. The summed E-state index contributed by atoms with van der Waals surface area (Å²) in [5, 5.41) is 3.55. The third-order valence-corrected chi connectivity index (χ3v) is 3.05. The van der Waals surface area contributed by atoms with Crippen LogP contribution in [0.3, 0.4) is 0 Å². The third kappa shape index (κ3) is 1.60. The fourth-order valence-corrected chi connectivity index (χ4v) is 2.19. The second kappa shape index (κ2) is 3.24. The lowest BCUT2D eigenvalue weighted by molar-refractivity contribution is 0.267. The Morgan fingerprint density at radius 2 is 2.50 bits per heavy atom. The Balaban J connectivity index is 1.50. The molecule has 1 saturated heterocycles. The molecule has 2 aliphatic rings. The van der Waals surface area contributed by atoms with Crippen LogP contribution >= 0.6 is 0 Å². The number of pyridine rings is 1. The smallest absolute Gasteiger partial charge is 0.137 e. The second-order valence-electron chi connectivity index (χ2n) is 4.20. The molecule has 3 unspecified atom stereocenters. The maximum atomic E-state index is 5.63. The molecule has 1 aliphatic carbocycles. The van der Waals surface area contributed by atoms with Gasteiger partial charge >= 0.3 is 0 Å². The number of rotatable bonds is 3. The first-order valence-electron chi connectivity index (χ1n) is 5.21. The number of aromatic nitrogens is 1. The molecule has 0 amide bonds. The molecule has 1 saturated carbocycles. The molecule has 2 fully saturated rings. The molecule has 1 aromatic rings. The molecular formula is C11H14N2O. The summed E-state index contributed by atoms with van der Waals surface area (Å²) in [7, 11) is 0. The summed E-state index contributed by atoms with van der Waals surface area (Å²) in [6.45, 7) is 0.776. The van der Waals surface area contributed by atoms with Gasteiger partial charge in [-0.05, 0) is 30.9 Å². The number of nitrogens with one attached hydrogen (secondary N) is 1. The summed E-state index contributed by atoms with van der Waals surface area (Å²) >= 11 is 0. The fraction of sp³-hybridized carbons (Fsp3) is 0.545. The van der Waals surface area contributed by atoms with E-state index in [9.17, 15) is 0 Å². The van der Waals surface area contributed by atoms with E-state index < -0.39 is 0 Å². The lowest BCUT2D eigenvalue weighted by atomic mass is 10.2. The zero-order chi connectivity index (χ0) is 9.38. The van der Waals surface area contributed by atoms with Crippen LogP contribution in [-0.2, 0) is 0 Å². The Morgan fingerprint density at radius 1 is 1.50 bits per heavy atom. The topological polar surface area (TPSA) is 34.1 Å². The lowest BCUT2D eigenvalue weighted by Gasteiger charge is -2.13. The largest absolute Gasteiger partial charge is 0.490 e. The van der Waals surface area contributed by atoms with Gasteiger partial charge in [0, 0.05) is 18.3 Å². The van der Waals surface area contributed by atoms with Crippen molar-refractivity contribution in [3.05, 3.63) is 24.5 Å². The quantitative estimate of drug-likeness (QED) is 0.778. The van der Waals surface area contributed by atoms with E-state index in [0.717, 1.165) is 24.3 Å². The molecule has 3 atom stereocenters. The van der Waals surface area contributed by atoms with Gasteiger partial charge in [-0.3, -0.25) is 4.98 Å². The molecule has 3 rings (SSSR count). The van der Waals surface area contributed by atoms with Crippen molar-refractivity contribution in [2.45, 2.75) is 24.9 Å². The molecule has 0 bridgehead atoms. The molecule has 2 heterocycles. The van der Waals surface area contributed by atoms with Crippen LogP contribution in [0.25, 0.3) is 0 Å². The van der Waals surface area contributed by atoms with Crippen molar-refractivity contribution < 1.29 is 4.74 Å². The highest BCUT2D eigenvalue weighted by Crippen LogP contribution is 2.40. The van der Waals surface area contributed by atoms with E-state index in [-0.39, 0.29) is 0 Å². The molecule has 0 spiro atoms. The number of hydrogen-bond donors (Lipinski definition) is 1. The Hall–Kier alpha value is -1.09. The molecule has 0 radical (unpaired) electrons. The fourth-order valence-electron chi connectivity index (χ4n) is 2.19. The molecule has 3 nitrogen and oxygen atoms in total. The molecule has 0 aromatic carbocycles. The Labute approximate surface area is 83.5 Å². The van der Waals surface area contributed by atoms with E-state index in [4.69, 9.17) is 4.74 Å². The monoisotopic (exact) mass is 190 g/mol. The maximum Gasteiger partial charge on any atom is 0.137 e. The minimum atomic E-state index is 0.555. The molecular weight excluding hydrogens is 176 g/mol. The van der Waals surface area contributed by atoms with Crippen LogP contribution in [-0.4, -0.2) is 23.7 Å². The van der Waals surface area contributed by atoms with Gasteiger partial charge in [0.2, 0.25) is 0 Å². The Morgan fingerprint density at radius 3 is 3.21 bits per heavy atom. The van der Waals surface area contributed by atoms with E-state index in [2.05, 4.69) is 10.3 Å². The summed E-state index contributed by atoms with van der Waals surface area (Å²) in [4.78, 5) is 4.01. The number of fused-ring (bicyclic) bond motifs is 1. The van der Waals surface area contributed by atoms with Crippen molar-refractivity contribution in [3.63, 3.8) is 0 Å². The van der Waals surface area contributed by atoms with Crippen molar-refractivity contribution in [2.24, 2.45) is 5.92 Å². The van der Waals surface area contributed by atoms with Gasteiger partial charge in [-0.25, -0.2) is 0 Å². The molecule has 3 heteroatoms. The first-order valence-corrected chi connectivity index (χ1v) is 5.21. The van der Waals surface area contributed by atoms with Crippen molar-refractivity contribution in [1.29, 1.82) is 0 Å². The standard InChI is InChI=1S/C11H14N2O/c1-2-10(6-12-3-1)14-7-9-4-8-5-11(8)13-9/h1-3,6,8-9,11,13H,4-5,7H2. The number of hydrogen-bond acceptors (Lipinski definition) is 3. The first kappa shape index (κ1) is 8.24. The number of ether oxygens (including phenoxy) is 1. The van der Waals surface area contributed by atoms with Crippen LogP contribution < -0.4 is 10.1 Å². The van der Waals surface area contributed by atoms with Crippen molar-refractivity contribution >= 4 is 0 Å². The first-order chi connectivity index (χ1) is 6.92. The van der Waals surface area contributed by atoms with Crippen LogP contribution in [0.1, 0.15) is 12.8 Å². The van der Waals surface area contributed by atoms with Crippen LogP contribution in [0, 0.1) is 5.92 Å². The van der Waals surface area contributed by atoms with E-state index in [1.807, 2.05) is 12.1 Å². The summed E-state index contributed by atoms with van der Waals surface area (Å²) in [6, 6.07) is 5.20. The van der Waals surface area contributed by atoms with Crippen LogP contribution in [0.15, 0.2) is 24.5 Å². The minimum absolute atomic E-state index is 0.555. The number of piperidine rings is 1. The molecule has 14 heavy (non-hydrogen) atoms. The number of nitrogens with zero attached hydrogens (tertiary/aromatic N) is 1. The summed E-state index contributed by atoms with van der Waals surface area (Å²) < 4.78 is 5.63. The zero-order valence-corrected chi connectivity index (χ0v) is 8.02. The predicted molar refractivity (Wildman–Crippen MR) is 53.2 cm³/mol. The normalized spacial score (nSPS) is 33.9. The average molecular weight is 190 g/mol. The van der Waals surface area contributed by atoms with Crippen molar-refractivity contribution in [2.75, 3.05) is 6.61 Å². The average Bonchev–Trinajstić information content (AvgIpc) is 2.85. The van der Waals surface area contributed by atoms with E-state index in [0.29, 0.717) is 6.04 Å². The van der Waals surface area contributed by atoms with Gasteiger partial charge in [-0.2, -0.15) is 0 Å². The SMILES string of the molecule is c1cncc(OCC2CC3CC3N2)c1. The molecule has 1 aromatic heterocycles. The van der Waals surface area contributed by atoms with Gasteiger partial charge < -0.3 is 10.1 Å². The second-order valence-corrected chi connectivity index (χ2v) is 4.20. The van der Waals surface area contributed by atoms with Gasteiger partial charge in [0.25, 0.3) is 0 Å². The highest BCUT2D eigenvalue weighted by molar-refractivity contribution is 5.15. The van der Waals surface area contributed by atoms with Crippen molar-refractivity contribution in [3.8, 4) is 5.75 Å². The Bertz CT molecular complexity index is 304. The molecule has 1 N–H and O–H groups in total. The highest BCUT2D eigenvalue weighted by Gasteiger charge is 2.45. The van der Waals surface area contributed by atoms with E-state index in [1.54, 1.807) is 12.4 Å². The van der Waals surface area contributed by atoms with Gasteiger partial charge in [-0.15, -0.1) is 0 Å². The van der Waals surface area contributed by atoms with Gasteiger partial charge in [0.05, 0.1) is 6.20 Å².